The molecule has 2 rings (SSSR count). The summed E-state index contributed by atoms with van der Waals surface area (Å²) in [6.07, 6.45) is 2.38. The number of rotatable bonds is 7. The van der Waals surface area contributed by atoms with E-state index in [-0.39, 0.29) is 6.09 Å². The molecule has 1 fully saturated rings. The lowest BCUT2D eigenvalue weighted by atomic mass is 10.1. The molecule has 5 heteroatoms. The highest BCUT2D eigenvalue weighted by Crippen LogP contribution is 2.42. The van der Waals surface area contributed by atoms with E-state index >= 15 is 0 Å². The van der Waals surface area contributed by atoms with Crippen LogP contribution in [0.1, 0.15) is 51.5 Å². The molecule has 1 aliphatic rings. The van der Waals surface area contributed by atoms with E-state index < -0.39 is 5.60 Å². The number of likely N-dealkylation sites (N-methyl/N-ethyl adjacent to an activating group) is 1. The summed E-state index contributed by atoms with van der Waals surface area (Å²) in [5.74, 6) is 0.759. The summed E-state index contributed by atoms with van der Waals surface area (Å²) in [5.41, 5.74) is -0.439. The molecular formula is C17H28N2O2S. The summed E-state index contributed by atoms with van der Waals surface area (Å²) in [5, 5.41) is 5.76. The fourth-order valence-corrected chi connectivity index (χ4v) is 3.35. The summed E-state index contributed by atoms with van der Waals surface area (Å²) in [6, 6.07) is 4.75. The monoisotopic (exact) mass is 324 g/mol. The van der Waals surface area contributed by atoms with Gasteiger partial charge in [-0.3, -0.25) is 0 Å². The molecule has 1 N–H and O–H groups in total. The number of ether oxygens (including phenoxy) is 1. The Morgan fingerprint density at radius 2 is 2.23 bits per heavy atom. The van der Waals surface area contributed by atoms with Crippen molar-refractivity contribution in [2.24, 2.45) is 5.92 Å². The van der Waals surface area contributed by atoms with Crippen LogP contribution in [0.25, 0.3) is 0 Å². The standard InChI is InChI=1S/C17H28N2O2S/c1-5-19(16(20)21-17(2,3)4)11-10-18-15(13-8-9-13)14-7-6-12-22-14/h6-7,12-13,15,18H,5,8-11H2,1-4H3. The van der Waals surface area contributed by atoms with E-state index in [9.17, 15) is 4.79 Å². The highest BCUT2D eigenvalue weighted by atomic mass is 32.1. The Hall–Kier alpha value is -1.07. The van der Waals surface area contributed by atoms with E-state index in [0.717, 1.165) is 12.5 Å². The van der Waals surface area contributed by atoms with Gasteiger partial charge in [0, 0.05) is 30.6 Å². The first kappa shape index (κ1) is 17.3. The zero-order chi connectivity index (χ0) is 16.2. The Labute approximate surface area is 137 Å². The summed E-state index contributed by atoms with van der Waals surface area (Å²) >= 11 is 1.81. The maximum absolute atomic E-state index is 12.1. The summed E-state index contributed by atoms with van der Waals surface area (Å²) in [4.78, 5) is 15.3. The van der Waals surface area contributed by atoms with Crippen LogP contribution in [0.15, 0.2) is 17.5 Å². The molecule has 124 valence electrons. The predicted octanol–water partition coefficient (Wildman–Crippen LogP) is 4.05. The van der Waals surface area contributed by atoms with Gasteiger partial charge in [-0.2, -0.15) is 0 Å². The third-order valence-electron chi connectivity index (χ3n) is 3.72. The van der Waals surface area contributed by atoms with Crippen molar-refractivity contribution in [3.63, 3.8) is 0 Å². The van der Waals surface area contributed by atoms with Crippen molar-refractivity contribution in [2.75, 3.05) is 19.6 Å². The van der Waals surface area contributed by atoms with Crippen LogP contribution in [0.4, 0.5) is 4.79 Å². The van der Waals surface area contributed by atoms with Gasteiger partial charge in [0.15, 0.2) is 0 Å². The van der Waals surface area contributed by atoms with Crippen LogP contribution in [-0.4, -0.2) is 36.2 Å². The molecule has 1 aromatic heterocycles. The zero-order valence-corrected chi connectivity index (χ0v) is 14.9. The van der Waals surface area contributed by atoms with Crippen molar-refractivity contribution < 1.29 is 9.53 Å². The Balaban J connectivity index is 1.81. The maximum Gasteiger partial charge on any atom is 0.410 e. The van der Waals surface area contributed by atoms with Gasteiger partial charge in [0.25, 0.3) is 0 Å². The number of carbonyl (C=O) groups excluding carboxylic acids is 1. The fraction of sp³-hybridized carbons (Fsp3) is 0.706. The average Bonchev–Trinajstić information content (AvgIpc) is 3.11. The van der Waals surface area contributed by atoms with Crippen LogP contribution in [0.2, 0.25) is 0 Å². The molecule has 1 aliphatic carbocycles. The first-order valence-corrected chi connectivity index (χ1v) is 9.03. The van der Waals surface area contributed by atoms with Gasteiger partial charge in [-0.05, 0) is 57.9 Å². The van der Waals surface area contributed by atoms with Crippen LogP contribution in [-0.2, 0) is 4.74 Å². The van der Waals surface area contributed by atoms with Gasteiger partial charge >= 0.3 is 6.09 Å². The molecule has 1 saturated carbocycles. The molecule has 1 amide bonds. The van der Waals surface area contributed by atoms with E-state index in [2.05, 4.69) is 22.8 Å². The van der Waals surface area contributed by atoms with Crippen molar-refractivity contribution >= 4 is 17.4 Å². The van der Waals surface area contributed by atoms with E-state index in [1.165, 1.54) is 17.7 Å². The van der Waals surface area contributed by atoms with Gasteiger partial charge in [0.2, 0.25) is 0 Å². The molecule has 1 atom stereocenters. The Morgan fingerprint density at radius 3 is 2.73 bits per heavy atom. The van der Waals surface area contributed by atoms with Crippen molar-refractivity contribution in [2.45, 2.75) is 52.2 Å². The Kier molecular flexibility index (Phi) is 5.87. The van der Waals surface area contributed by atoms with Crippen LogP contribution in [0, 0.1) is 5.92 Å². The third-order valence-corrected chi connectivity index (χ3v) is 4.68. The molecular weight excluding hydrogens is 296 g/mol. The van der Waals surface area contributed by atoms with Crippen molar-refractivity contribution in [3.05, 3.63) is 22.4 Å². The molecule has 1 unspecified atom stereocenters. The predicted molar refractivity (Wildman–Crippen MR) is 91.3 cm³/mol. The highest BCUT2D eigenvalue weighted by molar-refractivity contribution is 7.10. The van der Waals surface area contributed by atoms with Crippen LogP contribution >= 0.6 is 11.3 Å². The van der Waals surface area contributed by atoms with Crippen molar-refractivity contribution in [1.82, 2.24) is 10.2 Å². The lowest BCUT2D eigenvalue weighted by molar-refractivity contribution is 0.0260. The number of carbonyl (C=O) groups is 1. The zero-order valence-electron chi connectivity index (χ0n) is 14.1. The molecule has 1 heterocycles. The summed E-state index contributed by atoms with van der Waals surface area (Å²) < 4.78 is 5.44. The molecule has 0 aromatic carbocycles. The van der Waals surface area contributed by atoms with Gasteiger partial charge in [-0.15, -0.1) is 11.3 Å². The van der Waals surface area contributed by atoms with E-state index in [1.807, 2.05) is 39.0 Å². The lowest BCUT2D eigenvalue weighted by Gasteiger charge is -2.27. The van der Waals surface area contributed by atoms with E-state index in [4.69, 9.17) is 4.74 Å². The Morgan fingerprint density at radius 1 is 1.50 bits per heavy atom. The van der Waals surface area contributed by atoms with Gasteiger partial charge in [0.1, 0.15) is 5.60 Å². The quantitative estimate of drug-likeness (QED) is 0.823. The highest BCUT2D eigenvalue weighted by Gasteiger charge is 2.32. The molecule has 0 spiro atoms. The van der Waals surface area contributed by atoms with E-state index in [1.54, 1.807) is 4.90 Å². The molecule has 22 heavy (non-hydrogen) atoms. The lowest BCUT2D eigenvalue weighted by Crippen LogP contribution is -2.41. The van der Waals surface area contributed by atoms with Gasteiger partial charge in [-0.25, -0.2) is 4.79 Å². The molecule has 0 bridgehead atoms. The average molecular weight is 324 g/mol. The Bertz CT molecular complexity index is 464. The number of nitrogens with one attached hydrogen (secondary N) is 1. The SMILES string of the molecule is CCN(CCNC(c1cccs1)C1CC1)C(=O)OC(C)(C)C. The number of thiophene rings is 1. The third kappa shape index (κ3) is 5.29. The van der Waals surface area contributed by atoms with E-state index in [0.29, 0.717) is 19.1 Å². The molecule has 0 saturated heterocycles. The van der Waals surface area contributed by atoms with Crippen LogP contribution < -0.4 is 5.32 Å². The summed E-state index contributed by atoms with van der Waals surface area (Å²) in [7, 11) is 0. The second kappa shape index (κ2) is 7.47. The second-order valence-corrected chi connectivity index (χ2v) is 7.82. The van der Waals surface area contributed by atoms with Crippen molar-refractivity contribution in [1.29, 1.82) is 0 Å². The van der Waals surface area contributed by atoms with Crippen LogP contribution in [0.3, 0.4) is 0 Å². The van der Waals surface area contributed by atoms with Gasteiger partial charge < -0.3 is 15.0 Å². The molecule has 0 aliphatic heterocycles. The van der Waals surface area contributed by atoms with Crippen molar-refractivity contribution in [3.8, 4) is 0 Å². The normalized spacial score (nSPS) is 16.4. The maximum atomic E-state index is 12.1. The number of nitrogens with zero attached hydrogens (tertiary/aromatic N) is 1. The molecule has 0 radical (unpaired) electrons. The van der Waals surface area contributed by atoms with Gasteiger partial charge in [0.05, 0.1) is 0 Å². The summed E-state index contributed by atoms with van der Waals surface area (Å²) in [6.45, 7) is 9.84. The largest absolute Gasteiger partial charge is 0.444 e. The number of amides is 1. The minimum atomic E-state index is -0.439. The smallest absolute Gasteiger partial charge is 0.410 e. The first-order chi connectivity index (χ1) is 10.4. The topological polar surface area (TPSA) is 41.6 Å². The second-order valence-electron chi connectivity index (χ2n) is 6.84. The fourth-order valence-electron chi connectivity index (χ4n) is 2.46. The minimum absolute atomic E-state index is 0.226. The van der Waals surface area contributed by atoms with Gasteiger partial charge in [-0.1, -0.05) is 6.07 Å². The molecule has 4 nitrogen and oxygen atoms in total. The number of hydrogen-bond donors (Lipinski definition) is 1. The first-order valence-electron chi connectivity index (χ1n) is 8.15. The number of hydrogen-bond acceptors (Lipinski definition) is 4. The van der Waals surface area contributed by atoms with Crippen LogP contribution in [0.5, 0.6) is 0 Å². The minimum Gasteiger partial charge on any atom is -0.444 e. The molecule has 1 aromatic rings.